The van der Waals surface area contributed by atoms with Crippen molar-refractivity contribution >= 4 is 51.7 Å². The number of hydrogen-bond donors (Lipinski definition) is 3. The summed E-state index contributed by atoms with van der Waals surface area (Å²) in [6, 6.07) is 11.0. The number of piperazine rings is 2. The van der Waals surface area contributed by atoms with E-state index in [2.05, 4.69) is 55.6 Å². The molecule has 0 atom stereocenters. The van der Waals surface area contributed by atoms with Crippen LogP contribution in [0.25, 0.3) is 11.0 Å². The summed E-state index contributed by atoms with van der Waals surface area (Å²) >= 11 is 6.38. The molecular formula is C43H53ClN14O4. The molecule has 3 fully saturated rings. The highest BCUT2D eigenvalue weighted by Crippen LogP contribution is 2.24. The van der Waals surface area contributed by atoms with Crippen molar-refractivity contribution in [2.75, 3.05) is 95.3 Å². The van der Waals surface area contributed by atoms with Gasteiger partial charge in [0, 0.05) is 103 Å². The fourth-order valence-corrected chi connectivity index (χ4v) is 8.57. The largest absolute Gasteiger partial charge is 0.368 e. The van der Waals surface area contributed by atoms with E-state index in [4.69, 9.17) is 11.6 Å². The lowest BCUT2D eigenvalue weighted by atomic mass is 9.95. The van der Waals surface area contributed by atoms with Gasteiger partial charge in [-0.3, -0.25) is 38.6 Å². The Balaban J connectivity index is 0.723. The number of aromatic amines is 1. The van der Waals surface area contributed by atoms with Gasteiger partial charge in [0.25, 0.3) is 17.4 Å². The second-order valence-electron chi connectivity index (χ2n) is 16.2. The van der Waals surface area contributed by atoms with Gasteiger partial charge >= 0.3 is 0 Å². The summed E-state index contributed by atoms with van der Waals surface area (Å²) in [5.74, 6) is -0.0190. The summed E-state index contributed by atoms with van der Waals surface area (Å²) in [5.41, 5.74) is 5.42. The molecule has 3 N–H and O–H groups in total. The van der Waals surface area contributed by atoms with E-state index >= 15 is 0 Å². The zero-order valence-corrected chi connectivity index (χ0v) is 35.8. The molecule has 0 spiro atoms. The number of anilines is 2. The van der Waals surface area contributed by atoms with Crippen LogP contribution in [0.3, 0.4) is 0 Å². The van der Waals surface area contributed by atoms with Crippen molar-refractivity contribution in [1.29, 1.82) is 0 Å². The number of H-pyrrole nitrogens is 1. The van der Waals surface area contributed by atoms with Crippen LogP contribution in [0.15, 0.2) is 66.0 Å². The number of amides is 3. The molecule has 0 saturated carbocycles. The first-order valence-electron chi connectivity index (χ1n) is 21.5. The number of fused-ring (bicyclic) bond motifs is 1. The van der Waals surface area contributed by atoms with Gasteiger partial charge in [-0.2, -0.15) is 0 Å². The minimum Gasteiger partial charge on any atom is -0.368 e. The van der Waals surface area contributed by atoms with Crippen LogP contribution in [0.5, 0.6) is 0 Å². The Morgan fingerprint density at radius 3 is 2.31 bits per heavy atom. The van der Waals surface area contributed by atoms with Crippen molar-refractivity contribution < 1.29 is 14.4 Å². The number of rotatable bonds is 14. The Kier molecular flexibility index (Phi) is 13.8. The molecule has 3 aliphatic rings. The van der Waals surface area contributed by atoms with Gasteiger partial charge in [-0.1, -0.05) is 23.7 Å². The molecule has 0 aromatic carbocycles. The van der Waals surface area contributed by atoms with Crippen molar-refractivity contribution in [2.24, 2.45) is 5.92 Å². The van der Waals surface area contributed by atoms with Gasteiger partial charge in [-0.05, 0) is 67.1 Å². The third-order valence-electron chi connectivity index (χ3n) is 12.0. The highest BCUT2D eigenvalue weighted by Gasteiger charge is 2.29. The van der Waals surface area contributed by atoms with E-state index in [-0.39, 0.29) is 40.7 Å². The molecule has 5 aromatic rings. The van der Waals surface area contributed by atoms with E-state index < -0.39 is 0 Å². The molecule has 0 unspecified atom stereocenters. The summed E-state index contributed by atoms with van der Waals surface area (Å²) in [7, 11) is 0. The maximum Gasteiger partial charge on any atom is 0.272 e. The predicted octanol–water partition coefficient (Wildman–Crippen LogP) is 2.38. The Labute approximate surface area is 364 Å². The smallest absolute Gasteiger partial charge is 0.272 e. The van der Waals surface area contributed by atoms with Gasteiger partial charge in [0.2, 0.25) is 5.91 Å². The number of carbonyl (C=O) groups excluding carboxylic acids is 3. The summed E-state index contributed by atoms with van der Waals surface area (Å²) in [6.07, 6.45) is 9.58. The molecular weight excluding hydrogens is 812 g/mol. The topological polar surface area (TPSA) is 194 Å². The third kappa shape index (κ3) is 10.6. The molecule has 18 nitrogen and oxygen atoms in total. The molecule has 0 aliphatic carbocycles. The van der Waals surface area contributed by atoms with Crippen molar-refractivity contribution in [2.45, 2.75) is 39.3 Å². The number of pyridine rings is 4. The average Bonchev–Trinajstić information content (AvgIpc) is 3.82. The number of hydrogen-bond acceptors (Lipinski definition) is 13. The molecule has 19 heteroatoms. The summed E-state index contributed by atoms with van der Waals surface area (Å²) in [4.78, 5) is 78.8. The lowest BCUT2D eigenvalue weighted by Gasteiger charge is -2.38. The van der Waals surface area contributed by atoms with Crippen LogP contribution < -0.4 is 21.1 Å². The summed E-state index contributed by atoms with van der Waals surface area (Å²) < 4.78 is 1.67. The van der Waals surface area contributed by atoms with E-state index in [9.17, 15) is 19.2 Å². The first-order valence-corrected chi connectivity index (χ1v) is 21.8. The lowest BCUT2D eigenvalue weighted by molar-refractivity contribution is -0.115. The molecule has 5 aromatic heterocycles. The first-order chi connectivity index (χ1) is 30.2. The molecule has 3 saturated heterocycles. The number of nitrogens with zero attached hydrogens (tertiary/aromatic N) is 11. The van der Waals surface area contributed by atoms with Crippen LogP contribution in [0, 0.1) is 5.92 Å². The average molecular weight is 865 g/mol. The quantitative estimate of drug-likeness (QED) is 0.109. The van der Waals surface area contributed by atoms with Gasteiger partial charge < -0.3 is 30.3 Å². The fraction of sp³-hybridized carbons (Fsp3) is 0.465. The van der Waals surface area contributed by atoms with Gasteiger partial charge in [0.15, 0.2) is 5.15 Å². The normalized spacial score (nSPS) is 16.8. The number of aromatic nitrogens is 7. The number of piperidine rings is 1. The van der Waals surface area contributed by atoms with Crippen molar-refractivity contribution in [3.05, 3.63) is 99.2 Å². The van der Waals surface area contributed by atoms with E-state index in [0.717, 1.165) is 93.0 Å². The first kappa shape index (κ1) is 42.9. The Hall–Kier alpha value is -5.82. The van der Waals surface area contributed by atoms with E-state index in [1.807, 2.05) is 48.5 Å². The molecule has 326 valence electrons. The summed E-state index contributed by atoms with van der Waals surface area (Å²) in [5, 5.41) is 13.5. The van der Waals surface area contributed by atoms with Gasteiger partial charge in [0.05, 0.1) is 47.9 Å². The second kappa shape index (κ2) is 19.9. The monoisotopic (exact) mass is 864 g/mol. The standard InChI is InChI=1S/C43H53ClN14O4/c1-2-32-24-37-38(51-41(32)60)23-31(25-46-37)29-54-15-19-55(20-16-54)33-3-4-35(47-26-33)42(61)56-11-7-30(8-12-56)28-53-17-21-57(22-18-53)43(62)36-6-5-34(40(44)50-36)49-39(59)27-45-9-13-58-14-10-48-52-58/h3-6,10,14,23-26,30,45H,2,7-9,11-13,15-22,27-29H2,1H3,(H,49,59)(H,51,60). The van der Waals surface area contributed by atoms with Crippen molar-refractivity contribution in [3.63, 3.8) is 0 Å². The van der Waals surface area contributed by atoms with Gasteiger partial charge in [-0.25, -0.2) is 9.97 Å². The second-order valence-corrected chi connectivity index (χ2v) is 16.5. The SMILES string of the molecule is CCc1cc2ncc(CN3CCN(c4ccc(C(=O)N5CCC(CN6CCN(C(=O)c7ccc(NC(=O)CNCCn8ccnn8)c(Cl)n7)CC6)CC5)nc4)CC3)cc2[nH]c1=O. The molecule has 3 amide bonds. The Bertz CT molecular complexity index is 2390. The lowest BCUT2D eigenvalue weighted by Crippen LogP contribution is -2.51. The van der Waals surface area contributed by atoms with Crippen LogP contribution in [0.4, 0.5) is 11.4 Å². The zero-order valence-electron chi connectivity index (χ0n) is 35.0. The maximum absolute atomic E-state index is 13.5. The minimum atomic E-state index is -0.274. The van der Waals surface area contributed by atoms with Crippen LogP contribution in [-0.4, -0.2) is 157 Å². The molecule has 0 bridgehead atoms. The Morgan fingerprint density at radius 2 is 1.60 bits per heavy atom. The van der Waals surface area contributed by atoms with E-state index in [0.29, 0.717) is 63.0 Å². The number of aryl methyl sites for hydroxylation is 1. The van der Waals surface area contributed by atoms with E-state index in [1.54, 1.807) is 34.1 Å². The van der Waals surface area contributed by atoms with Crippen molar-refractivity contribution in [3.8, 4) is 0 Å². The van der Waals surface area contributed by atoms with Crippen LogP contribution in [0.2, 0.25) is 5.15 Å². The van der Waals surface area contributed by atoms with Crippen molar-refractivity contribution in [1.82, 2.24) is 59.8 Å². The van der Waals surface area contributed by atoms with Crippen LogP contribution in [-0.2, 0) is 24.3 Å². The Morgan fingerprint density at radius 1 is 0.855 bits per heavy atom. The maximum atomic E-state index is 13.5. The number of nitrogens with one attached hydrogen (secondary N) is 3. The third-order valence-corrected chi connectivity index (χ3v) is 12.3. The van der Waals surface area contributed by atoms with Gasteiger partial charge in [0.1, 0.15) is 11.4 Å². The molecule has 3 aliphatic heterocycles. The van der Waals surface area contributed by atoms with Crippen LogP contribution >= 0.6 is 11.6 Å². The highest BCUT2D eigenvalue weighted by molar-refractivity contribution is 6.32. The molecule has 0 radical (unpaired) electrons. The van der Waals surface area contributed by atoms with E-state index in [1.165, 1.54) is 0 Å². The fourth-order valence-electron chi connectivity index (χ4n) is 8.37. The van der Waals surface area contributed by atoms with Gasteiger partial charge in [-0.15, -0.1) is 5.10 Å². The van der Waals surface area contributed by atoms with Crippen LogP contribution in [0.1, 0.15) is 51.9 Å². The highest BCUT2D eigenvalue weighted by atomic mass is 35.5. The molecule has 8 rings (SSSR count). The predicted molar refractivity (Wildman–Crippen MR) is 235 cm³/mol. The number of carbonyl (C=O) groups is 3. The molecule has 62 heavy (non-hydrogen) atoms. The minimum absolute atomic E-state index is 0.0280. The zero-order chi connectivity index (χ0) is 43.0. The molecule has 8 heterocycles. The summed E-state index contributed by atoms with van der Waals surface area (Å²) in [6.45, 7) is 12.4. The number of halogens is 1. The number of likely N-dealkylation sites (tertiary alicyclic amines) is 1.